The van der Waals surface area contributed by atoms with Crippen LogP contribution < -0.4 is 4.74 Å². The molecule has 0 heterocycles. The Hall–Kier alpha value is -1.68. The van der Waals surface area contributed by atoms with Crippen molar-refractivity contribution in [2.75, 3.05) is 6.61 Å². The van der Waals surface area contributed by atoms with Gasteiger partial charge in [0, 0.05) is 4.91 Å². The number of thioether (sulfide) groups is 1. The van der Waals surface area contributed by atoms with Gasteiger partial charge >= 0.3 is 5.97 Å². The Kier molecular flexibility index (Phi) is 6.56. The molecule has 21 heavy (non-hydrogen) atoms. The molecular weight excluding hydrogens is 284 g/mol. The molecule has 0 saturated carbocycles. The molecule has 0 aromatic heterocycles. The second kappa shape index (κ2) is 7.93. The molecule has 0 aliphatic heterocycles. The Morgan fingerprint density at radius 2 is 1.86 bits per heavy atom. The van der Waals surface area contributed by atoms with Crippen molar-refractivity contribution in [1.29, 1.82) is 0 Å². The van der Waals surface area contributed by atoms with Gasteiger partial charge in [-0.3, -0.25) is 0 Å². The molecule has 1 aromatic carbocycles. The van der Waals surface area contributed by atoms with Crippen LogP contribution >= 0.6 is 11.8 Å². The van der Waals surface area contributed by atoms with Crippen LogP contribution in [-0.4, -0.2) is 17.7 Å². The number of rotatable bonds is 7. The van der Waals surface area contributed by atoms with Gasteiger partial charge in [0.2, 0.25) is 0 Å². The highest BCUT2D eigenvalue weighted by molar-refractivity contribution is 8.12. The van der Waals surface area contributed by atoms with Gasteiger partial charge in [0.1, 0.15) is 5.75 Å². The SMILES string of the molecule is C=C(SC(C(=O)O)=C(C)C)c1ccc(OCC(C)C)cc1. The smallest absolute Gasteiger partial charge is 0.342 e. The fourth-order valence-electron chi connectivity index (χ4n) is 1.54. The van der Waals surface area contributed by atoms with E-state index in [9.17, 15) is 4.79 Å². The minimum absolute atomic E-state index is 0.320. The molecule has 0 atom stereocenters. The zero-order valence-corrected chi connectivity index (χ0v) is 13.8. The average molecular weight is 306 g/mol. The Morgan fingerprint density at radius 1 is 1.29 bits per heavy atom. The van der Waals surface area contributed by atoms with E-state index in [0.717, 1.165) is 16.9 Å². The van der Waals surface area contributed by atoms with E-state index in [1.165, 1.54) is 11.8 Å². The highest BCUT2D eigenvalue weighted by atomic mass is 32.2. The van der Waals surface area contributed by atoms with Crippen molar-refractivity contribution in [3.63, 3.8) is 0 Å². The third-order valence-electron chi connectivity index (χ3n) is 2.63. The van der Waals surface area contributed by atoms with Crippen molar-refractivity contribution in [1.82, 2.24) is 0 Å². The van der Waals surface area contributed by atoms with E-state index in [1.54, 1.807) is 13.8 Å². The van der Waals surface area contributed by atoms with E-state index in [0.29, 0.717) is 22.3 Å². The highest BCUT2D eigenvalue weighted by Gasteiger charge is 2.13. The van der Waals surface area contributed by atoms with Crippen LogP contribution in [0.2, 0.25) is 0 Å². The first-order valence-corrected chi connectivity index (χ1v) is 7.63. The number of benzene rings is 1. The van der Waals surface area contributed by atoms with Crippen LogP contribution in [0.1, 0.15) is 33.3 Å². The molecule has 0 aliphatic rings. The summed E-state index contributed by atoms with van der Waals surface area (Å²) in [6.45, 7) is 12.4. The number of ether oxygens (including phenoxy) is 1. The van der Waals surface area contributed by atoms with E-state index in [4.69, 9.17) is 9.84 Å². The van der Waals surface area contributed by atoms with Crippen molar-refractivity contribution >= 4 is 22.6 Å². The van der Waals surface area contributed by atoms with Crippen LogP contribution in [0.25, 0.3) is 4.91 Å². The molecule has 0 aliphatic carbocycles. The van der Waals surface area contributed by atoms with Crippen molar-refractivity contribution in [2.45, 2.75) is 27.7 Å². The first-order valence-electron chi connectivity index (χ1n) is 6.82. The van der Waals surface area contributed by atoms with Gasteiger partial charge in [-0.05, 0) is 37.5 Å². The lowest BCUT2D eigenvalue weighted by Gasteiger charge is -2.11. The topological polar surface area (TPSA) is 46.5 Å². The summed E-state index contributed by atoms with van der Waals surface area (Å²) in [7, 11) is 0. The van der Waals surface area contributed by atoms with Gasteiger partial charge in [-0.25, -0.2) is 4.79 Å². The van der Waals surface area contributed by atoms with Crippen LogP contribution in [0.4, 0.5) is 0 Å². The first kappa shape index (κ1) is 17.4. The third kappa shape index (κ3) is 5.68. The number of aliphatic carboxylic acids is 1. The second-order valence-corrected chi connectivity index (χ2v) is 6.49. The summed E-state index contributed by atoms with van der Waals surface area (Å²) in [5.41, 5.74) is 1.67. The normalized spacial score (nSPS) is 10.3. The van der Waals surface area contributed by atoms with Crippen LogP contribution in [0, 0.1) is 5.92 Å². The molecule has 0 amide bonds. The van der Waals surface area contributed by atoms with Crippen LogP contribution in [0.5, 0.6) is 5.75 Å². The number of allylic oxidation sites excluding steroid dienone is 1. The van der Waals surface area contributed by atoms with Crippen LogP contribution in [0.15, 0.2) is 41.3 Å². The molecule has 0 fully saturated rings. The predicted octanol–water partition coefficient (Wildman–Crippen LogP) is 4.80. The van der Waals surface area contributed by atoms with E-state index >= 15 is 0 Å². The molecule has 0 spiro atoms. The molecule has 0 saturated heterocycles. The first-order chi connectivity index (χ1) is 9.81. The minimum atomic E-state index is -0.918. The Morgan fingerprint density at radius 3 is 2.29 bits per heavy atom. The van der Waals surface area contributed by atoms with Crippen molar-refractivity contribution in [3.8, 4) is 5.75 Å². The van der Waals surface area contributed by atoms with Crippen LogP contribution in [0.3, 0.4) is 0 Å². The molecule has 4 heteroatoms. The molecule has 1 aromatic rings. The summed E-state index contributed by atoms with van der Waals surface area (Å²) >= 11 is 1.18. The fraction of sp³-hybridized carbons (Fsp3) is 0.353. The quantitative estimate of drug-likeness (QED) is 0.735. The zero-order valence-electron chi connectivity index (χ0n) is 13.0. The molecule has 0 radical (unpaired) electrons. The Balaban J connectivity index is 2.76. The summed E-state index contributed by atoms with van der Waals surface area (Å²) in [5, 5.41) is 9.17. The summed E-state index contributed by atoms with van der Waals surface area (Å²) in [6, 6.07) is 7.56. The largest absolute Gasteiger partial charge is 0.493 e. The molecular formula is C17H22O3S. The maximum Gasteiger partial charge on any atom is 0.342 e. The van der Waals surface area contributed by atoms with Gasteiger partial charge < -0.3 is 9.84 Å². The van der Waals surface area contributed by atoms with Crippen molar-refractivity contribution in [3.05, 3.63) is 46.9 Å². The molecule has 1 N–H and O–H groups in total. The monoisotopic (exact) mass is 306 g/mol. The zero-order chi connectivity index (χ0) is 16.0. The van der Waals surface area contributed by atoms with Gasteiger partial charge in [0.25, 0.3) is 0 Å². The predicted molar refractivity (Wildman–Crippen MR) is 89.4 cm³/mol. The second-order valence-electron chi connectivity index (χ2n) is 5.39. The number of hydrogen-bond donors (Lipinski definition) is 1. The molecule has 1 rings (SSSR count). The maximum atomic E-state index is 11.2. The molecule has 0 unspecified atom stereocenters. The number of carboxylic acid groups (broad SMARTS) is 1. The summed E-state index contributed by atoms with van der Waals surface area (Å²) in [5.74, 6) is 0.370. The number of carbonyl (C=O) groups is 1. The van der Waals surface area contributed by atoms with Gasteiger partial charge in [0.15, 0.2) is 0 Å². The number of carboxylic acids is 1. The lowest BCUT2D eigenvalue weighted by Crippen LogP contribution is -2.04. The van der Waals surface area contributed by atoms with E-state index in [2.05, 4.69) is 20.4 Å². The standard InChI is InChI=1S/C17H22O3S/c1-11(2)10-20-15-8-6-14(7-9-15)13(5)21-16(12(3)4)17(18)19/h6-9,11H,5,10H2,1-4H3,(H,18,19). The molecule has 3 nitrogen and oxygen atoms in total. The van der Waals surface area contributed by atoms with Gasteiger partial charge in [-0.15, -0.1) is 0 Å². The fourth-order valence-corrected chi connectivity index (χ4v) is 2.33. The van der Waals surface area contributed by atoms with Gasteiger partial charge in [-0.2, -0.15) is 0 Å². The lowest BCUT2D eigenvalue weighted by molar-refractivity contribution is -0.131. The summed E-state index contributed by atoms with van der Waals surface area (Å²) in [6.07, 6.45) is 0. The molecule has 0 bridgehead atoms. The summed E-state index contributed by atoms with van der Waals surface area (Å²) in [4.78, 5) is 12.2. The maximum absolute atomic E-state index is 11.2. The van der Waals surface area contributed by atoms with E-state index < -0.39 is 5.97 Å². The lowest BCUT2D eigenvalue weighted by atomic mass is 10.2. The third-order valence-corrected chi connectivity index (χ3v) is 3.90. The van der Waals surface area contributed by atoms with E-state index in [1.807, 2.05) is 24.3 Å². The highest BCUT2D eigenvalue weighted by Crippen LogP contribution is 2.34. The van der Waals surface area contributed by atoms with Crippen molar-refractivity contribution < 1.29 is 14.6 Å². The Labute approximate surface area is 130 Å². The number of hydrogen-bond acceptors (Lipinski definition) is 3. The van der Waals surface area contributed by atoms with Crippen molar-refractivity contribution in [2.24, 2.45) is 5.92 Å². The molecule has 114 valence electrons. The van der Waals surface area contributed by atoms with E-state index in [-0.39, 0.29) is 0 Å². The van der Waals surface area contributed by atoms with Crippen LogP contribution in [-0.2, 0) is 4.79 Å². The van der Waals surface area contributed by atoms with Gasteiger partial charge in [-0.1, -0.05) is 49.9 Å². The van der Waals surface area contributed by atoms with Gasteiger partial charge in [0.05, 0.1) is 11.5 Å². The minimum Gasteiger partial charge on any atom is -0.493 e. The Bertz CT molecular complexity index is 538. The average Bonchev–Trinajstić information content (AvgIpc) is 2.42. The summed E-state index contributed by atoms with van der Waals surface area (Å²) < 4.78 is 5.62.